The highest BCUT2D eigenvalue weighted by Gasteiger charge is 2.19. The molecule has 1 aliphatic rings. The van der Waals surface area contributed by atoms with Crippen molar-refractivity contribution in [2.24, 2.45) is 0 Å². The van der Waals surface area contributed by atoms with Gasteiger partial charge in [0.05, 0.1) is 5.57 Å². The van der Waals surface area contributed by atoms with E-state index >= 15 is 0 Å². The molecule has 0 spiro atoms. The zero-order chi connectivity index (χ0) is 10.1. The molecule has 0 aromatic heterocycles. The number of aryl methyl sites for hydroxylation is 1. The number of allylic oxidation sites excluding steroid dienone is 1. The van der Waals surface area contributed by atoms with Crippen molar-refractivity contribution in [3.8, 4) is 0 Å². The third kappa shape index (κ3) is 1.27. The number of carbonyl (C=O) groups is 1. The normalized spacial score (nSPS) is 14.4. The molecule has 72 valence electrons. The summed E-state index contributed by atoms with van der Waals surface area (Å²) in [5, 5.41) is 8.99. The smallest absolute Gasteiger partial charge is 0.336 e. The monoisotopic (exact) mass is 189 g/mol. The Morgan fingerprint density at radius 2 is 2.21 bits per heavy atom. The number of rotatable bonds is 1. The number of benzene rings is 1. The average Bonchev–Trinajstić information content (AvgIpc) is 2.17. The van der Waals surface area contributed by atoms with Crippen LogP contribution >= 0.6 is 0 Å². The van der Waals surface area contributed by atoms with Crippen molar-refractivity contribution in [2.75, 3.05) is 5.73 Å². The van der Waals surface area contributed by atoms with E-state index in [0.29, 0.717) is 16.8 Å². The van der Waals surface area contributed by atoms with E-state index < -0.39 is 5.97 Å². The number of nitrogens with two attached hydrogens (primary N) is 1. The van der Waals surface area contributed by atoms with E-state index in [1.54, 1.807) is 12.1 Å². The molecule has 1 aromatic carbocycles. The van der Waals surface area contributed by atoms with Crippen molar-refractivity contribution in [3.05, 3.63) is 35.4 Å². The number of hydrogen-bond donors (Lipinski definition) is 2. The summed E-state index contributed by atoms with van der Waals surface area (Å²) >= 11 is 0. The number of nitrogen functional groups attached to an aromatic ring is 1. The van der Waals surface area contributed by atoms with Crippen LogP contribution in [0.25, 0.3) is 5.57 Å². The molecular weight excluding hydrogens is 178 g/mol. The van der Waals surface area contributed by atoms with E-state index in [9.17, 15) is 4.79 Å². The molecule has 1 aliphatic carbocycles. The van der Waals surface area contributed by atoms with Gasteiger partial charge in [-0.1, -0.05) is 18.2 Å². The maximum Gasteiger partial charge on any atom is 0.336 e. The number of carboxylic acid groups (broad SMARTS) is 1. The lowest BCUT2D eigenvalue weighted by atomic mass is 9.89. The van der Waals surface area contributed by atoms with E-state index in [4.69, 9.17) is 10.8 Å². The van der Waals surface area contributed by atoms with Gasteiger partial charge in [-0.2, -0.15) is 0 Å². The summed E-state index contributed by atoms with van der Waals surface area (Å²) in [4.78, 5) is 10.9. The fraction of sp³-hybridized carbons (Fsp3) is 0.182. The summed E-state index contributed by atoms with van der Waals surface area (Å²) in [6.45, 7) is 0. The minimum Gasteiger partial charge on any atom is -0.478 e. The van der Waals surface area contributed by atoms with Crippen LogP contribution in [0.3, 0.4) is 0 Å². The van der Waals surface area contributed by atoms with Gasteiger partial charge >= 0.3 is 5.97 Å². The van der Waals surface area contributed by atoms with Crippen molar-refractivity contribution in [3.63, 3.8) is 0 Å². The summed E-state index contributed by atoms with van der Waals surface area (Å²) in [5.41, 5.74) is 8.39. The Kier molecular flexibility index (Phi) is 2.00. The number of hydrogen-bond acceptors (Lipinski definition) is 2. The average molecular weight is 189 g/mol. The molecule has 3 N–H and O–H groups in total. The van der Waals surface area contributed by atoms with E-state index in [0.717, 1.165) is 18.4 Å². The molecule has 3 heteroatoms. The molecule has 0 saturated heterocycles. The van der Waals surface area contributed by atoms with Crippen LogP contribution in [0.5, 0.6) is 0 Å². The maximum absolute atomic E-state index is 10.9. The second-order valence-corrected chi connectivity index (χ2v) is 3.34. The lowest BCUT2D eigenvalue weighted by Crippen LogP contribution is -2.09. The molecule has 0 fully saturated rings. The second-order valence-electron chi connectivity index (χ2n) is 3.34. The molecule has 14 heavy (non-hydrogen) atoms. The molecule has 0 aliphatic heterocycles. The van der Waals surface area contributed by atoms with Crippen LogP contribution in [0.15, 0.2) is 24.3 Å². The molecule has 0 amide bonds. The van der Waals surface area contributed by atoms with E-state index in [2.05, 4.69) is 0 Å². The topological polar surface area (TPSA) is 63.3 Å². The largest absolute Gasteiger partial charge is 0.478 e. The number of aliphatic carboxylic acids is 1. The Labute approximate surface area is 81.9 Å². The van der Waals surface area contributed by atoms with Gasteiger partial charge in [0.1, 0.15) is 0 Å². The van der Waals surface area contributed by atoms with Gasteiger partial charge in [-0.3, -0.25) is 0 Å². The van der Waals surface area contributed by atoms with E-state index in [-0.39, 0.29) is 0 Å². The first kappa shape index (κ1) is 8.81. The van der Waals surface area contributed by atoms with Crippen molar-refractivity contribution in [2.45, 2.75) is 12.8 Å². The summed E-state index contributed by atoms with van der Waals surface area (Å²) in [6, 6.07) is 5.53. The Morgan fingerprint density at radius 3 is 2.93 bits per heavy atom. The van der Waals surface area contributed by atoms with Crippen LogP contribution in [0, 0.1) is 0 Å². The fourth-order valence-corrected chi connectivity index (χ4v) is 1.83. The molecular formula is C11H11NO2. The first-order valence-corrected chi connectivity index (χ1v) is 4.51. The third-order valence-corrected chi connectivity index (χ3v) is 2.44. The molecule has 3 nitrogen and oxygen atoms in total. The Hall–Kier alpha value is -1.77. The molecule has 0 atom stereocenters. The molecule has 0 heterocycles. The van der Waals surface area contributed by atoms with Crippen LogP contribution in [-0.2, 0) is 11.2 Å². The van der Waals surface area contributed by atoms with Gasteiger partial charge in [0, 0.05) is 11.3 Å². The van der Waals surface area contributed by atoms with E-state index in [1.807, 2.05) is 12.1 Å². The Bertz CT molecular complexity index is 421. The first-order valence-electron chi connectivity index (χ1n) is 4.51. The summed E-state index contributed by atoms with van der Waals surface area (Å²) in [7, 11) is 0. The predicted octanol–water partition coefficient (Wildman–Crippen LogP) is 1.68. The molecule has 0 radical (unpaired) electrons. The van der Waals surface area contributed by atoms with Gasteiger partial charge in [-0.15, -0.1) is 0 Å². The predicted molar refractivity (Wildman–Crippen MR) is 54.8 cm³/mol. The van der Waals surface area contributed by atoms with E-state index in [1.165, 1.54) is 0 Å². The minimum absolute atomic E-state index is 0.337. The van der Waals surface area contributed by atoms with Crippen LogP contribution < -0.4 is 5.73 Å². The Morgan fingerprint density at radius 1 is 1.43 bits per heavy atom. The van der Waals surface area contributed by atoms with Gasteiger partial charge < -0.3 is 10.8 Å². The standard InChI is InChI=1S/C11H11NO2/c12-9-6-2-4-7-3-1-5-8(10(7)9)11(13)14/h2,4-6H,1,3,12H2,(H,13,14). The highest BCUT2D eigenvalue weighted by Crippen LogP contribution is 2.30. The van der Waals surface area contributed by atoms with Crippen LogP contribution in [0.2, 0.25) is 0 Å². The van der Waals surface area contributed by atoms with Crippen molar-refractivity contribution in [1.82, 2.24) is 0 Å². The second kappa shape index (κ2) is 3.18. The first-order chi connectivity index (χ1) is 6.70. The van der Waals surface area contributed by atoms with Gasteiger partial charge in [0.25, 0.3) is 0 Å². The zero-order valence-electron chi connectivity index (χ0n) is 7.66. The molecule has 1 aromatic rings. The number of anilines is 1. The zero-order valence-corrected chi connectivity index (χ0v) is 7.66. The van der Waals surface area contributed by atoms with Crippen LogP contribution in [0.4, 0.5) is 5.69 Å². The number of fused-ring (bicyclic) bond motifs is 1. The van der Waals surface area contributed by atoms with Gasteiger partial charge in [-0.05, 0) is 24.5 Å². The lowest BCUT2D eigenvalue weighted by molar-refractivity contribution is -0.130. The Balaban J connectivity index is 2.62. The van der Waals surface area contributed by atoms with Crippen molar-refractivity contribution >= 4 is 17.2 Å². The summed E-state index contributed by atoms with van der Waals surface area (Å²) in [6.07, 6.45) is 3.39. The lowest BCUT2D eigenvalue weighted by Gasteiger charge is -2.16. The fourth-order valence-electron chi connectivity index (χ4n) is 1.83. The molecule has 0 saturated carbocycles. The highest BCUT2D eigenvalue weighted by atomic mass is 16.4. The molecule has 2 rings (SSSR count). The van der Waals surface area contributed by atoms with Crippen molar-refractivity contribution in [1.29, 1.82) is 0 Å². The maximum atomic E-state index is 10.9. The third-order valence-electron chi connectivity index (χ3n) is 2.44. The SMILES string of the molecule is Nc1cccc2c1C(C(=O)O)=CCC2. The molecule has 0 bridgehead atoms. The summed E-state index contributed by atoms with van der Waals surface area (Å²) < 4.78 is 0. The van der Waals surface area contributed by atoms with Gasteiger partial charge in [0.2, 0.25) is 0 Å². The van der Waals surface area contributed by atoms with Crippen LogP contribution in [-0.4, -0.2) is 11.1 Å². The van der Waals surface area contributed by atoms with Gasteiger partial charge in [0.15, 0.2) is 0 Å². The minimum atomic E-state index is -0.899. The summed E-state index contributed by atoms with van der Waals surface area (Å²) in [5.74, 6) is -0.899. The highest BCUT2D eigenvalue weighted by molar-refractivity contribution is 6.17. The van der Waals surface area contributed by atoms with Crippen molar-refractivity contribution < 1.29 is 9.90 Å². The van der Waals surface area contributed by atoms with Crippen LogP contribution in [0.1, 0.15) is 17.5 Å². The quantitative estimate of drug-likeness (QED) is 0.660. The van der Waals surface area contributed by atoms with Gasteiger partial charge in [-0.25, -0.2) is 4.79 Å². The number of carboxylic acids is 1. The molecule has 0 unspecified atom stereocenters.